The Morgan fingerprint density at radius 1 is 0.935 bits per heavy atom. The summed E-state index contributed by atoms with van der Waals surface area (Å²) in [6, 6.07) is 19.7. The molecule has 7 nitrogen and oxygen atoms in total. The summed E-state index contributed by atoms with van der Waals surface area (Å²) in [5.41, 5.74) is 3.84. The van der Waals surface area contributed by atoms with E-state index in [1.165, 1.54) is 0 Å². The highest BCUT2D eigenvalue weighted by molar-refractivity contribution is 5.91. The van der Waals surface area contributed by atoms with Crippen LogP contribution in [0.25, 0.3) is 16.6 Å². The number of carbonyl (C=O) groups is 1. The summed E-state index contributed by atoms with van der Waals surface area (Å²) in [7, 11) is 1.60. The first-order valence-electron chi connectivity index (χ1n) is 10.5. The van der Waals surface area contributed by atoms with E-state index in [1.807, 2.05) is 47.4 Å². The van der Waals surface area contributed by atoms with Crippen molar-refractivity contribution in [1.29, 1.82) is 0 Å². The number of hydrogen-bond donors (Lipinski definition) is 1. The van der Waals surface area contributed by atoms with Crippen molar-refractivity contribution in [2.24, 2.45) is 0 Å². The summed E-state index contributed by atoms with van der Waals surface area (Å²) >= 11 is 0. The summed E-state index contributed by atoms with van der Waals surface area (Å²) in [6.07, 6.45) is 2.95. The van der Waals surface area contributed by atoms with Gasteiger partial charge in [0.25, 0.3) is 0 Å². The molecule has 0 spiro atoms. The summed E-state index contributed by atoms with van der Waals surface area (Å²) in [5, 5.41) is 2.99. The van der Waals surface area contributed by atoms with Gasteiger partial charge in [-0.2, -0.15) is 0 Å². The zero-order chi connectivity index (χ0) is 21.2. The monoisotopic (exact) mass is 415 g/mol. The van der Waals surface area contributed by atoms with Crippen LogP contribution < -0.4 is 15.0 Å². The molecule has 0 radical (unpaired) electrons. The van der Waals surface area contributed by atoms with Crippen LogP contribution >= 0.6 is 0 Å². The average Bonchev–Trinajstić information content (AvgIpc) is 3.17. The first kappa shape index (κ1) is 19.2. The van der Waals surface area contributed by atoms with E-state index in [4.69, 9.17) is 9.72 Å². The van der Waals surface area contributed by atoms with Crippen molar-refractivity contribution in [1.82, 2.24) is 14.3 Å². The van der Waals surface area contributed by atoms with Crippen molar-refractivity contribution in [3.8, 4) is 5.75 Å². The standard InChI is InChI=1S/C24H25N5O2/c1-31-22-12-5-3-9-19(22)26-24(30)28-14-7-13-27(16-17-28)23-21-11-6-15-29(21)20-10-4-2-8-18(20)25-23/h2-6,8-12,15H,7,13-14,16-17H2,1H3,(H,26,30). The van der Waals surface area contributed by atoms with E-state index in [9.17, 15) is 4.79 Å². The molecule has 1 aliphatic rings. The number of nitrogens with zero attached hydrogens (tertiary/aromatic N) is 4. The molecule has 158 valence electrons. The van der Waals surface area contributed by atoms with E-state index in [0.29, 0.717) is 24.5 Å². The number of carbonyl (C=O) groups excluding carboxylic acids is 1. The number of hydrogen-bond acceptors (Lipinski definition) is 4. The van der Waals surface area contributed by atoms with Crippen LogP contribution in [0.1, 0.15) is 6.42 Å². The Hall–Kier alpha value is -3.74. The average molecular weight is 415 g/mol. The Kier molecular flexibility index (Phi) is 5.08. The molecule has 2 aromatic carbocycles. The van der Waals surface area contributed by atoms with Gasteiger partial charge in [0.2, 0.25) is 0 Å². The number of aromatic nitrogens is 2. The third-order valence-corrected chi connectivity index (χ3v) is 5.78. The van der Waals surface area contributed by atoms with Crippen LogP contribution in [-0.4, -0.2) is 53.6 Å². The van der Waals surface area contributed by atoms with Gasteiger partial charge in [0, 0.05) is 32.4 Å². The number of nitrogens with one attached hydrogen (secondary N) is 1. The Morgan fingerprint density at radius 3 is 2.65 bits per heavy atom. The van der Waals surface area contributed by atoms with Crippen molar-refractivity contribution >= 4 is 34.1 Å². The van der Waals surface area contributed by atoms with E-state index in [0.717, 1.165) is 41.9 Å². The quantitative estimate of drug-likeness (QED) is 0.544. The maximum atomic E-state index is 12.9. The highest BCUT2D eigenvalue weighted by Crippen LogP contribution is 2.27. The largest absolute Gasteiger partial charge is 0.495 e. The first-order valence-corrected chi connectivity index (χ1v) is 10.5. The Bertz CT molecular complexity index is 1240. The van der Waals surface area contributed by atoms with E-state index in [2.05, 4.69) is 39.0 Å². The summed E-state index contributed by atoms with van der Waals surface area (Å²) in [4.78, 5) is 22.0. The minimum Gasteiger partial charge on any atom is -0.495 e. The maximum Gasteiger partial charge on any atom is 0.322 e. The molecular weight excluding hydrogens is 390 g/mol. The number of fused-ring (bicyclic) bond motifs is 3. The molecule has 31 heavy (non-hydrogen) atoms. The molecule has 1 N–H and O–H groups in total. The molecular formula is C24H25N5O2. The fraction of sp³-hybridized carbons (Fsp3) is 0.250. The van der Waals surface area contributed by atoms with Crippen LogP contribution in [0.15, 0.2) is 66.9 Å². The van der Waals surface area contributed by atoms with Crippen LogP contribution in [0.2, 0.25) is 0 Å². The maximum absolute atomic E-state index is 12.9. The van der Waals surface area contributed by atoms with E-state index in [-0.39, 0.29) is 6.03 Å². The molecule has 7 heteroatoms. The number of ether oxygens (including phenoxy) is 1. The van der Waals surface area contributed by atoms with Crippen molar-refractivity contribution in [2.75, 3.05) is 43.5 Å². The zero-order valence-corrected chi connectivity index (χ0v) is 17.5. The number of anilines is 2. The topological polar surface area (TPSA) is 62.1 Å². The molecule has 3 heterocycles. The van der Waals surface area contributed by atoms with Gasteiger partial charge in [-0.25, -0.2) is 9.78 Å². The summed E-state index contributed by atoms with van der Waals surface area (Å²) in [5.74, 6) is 1.62. The van der Waals surface area contributed by atoms with Gasteiger partial charge in [-0.15, -0.1) is 0 Å². The molecule has 2 amide bonds. The predicted molar refractivity (Wildman–Crippen MR) is 123 cm³/mol. The lowest BCUT2D eigenvalue weighted by Crippen LogP contribution is -2.38. The second kappa shape index (κ2) is 8.18. The van der Waals surface area contributed by atoms with Gasteiger partial charge in [-0.3, -0.25) is 0 Å². The van der Waals surface area contributed by atoms with Crippen molar-refractivity contribution in [2.45, 2.75) is 6.42 Å². The number of methoxy groups -OCH3 is 1. The number of urea groups is 1. The zero-order valence-electron chi connectivity index (χ0n) is 17.5. The van der Waals surface area contributed by atoms with Gasteiger partial charge in [-0.05, 0) is 42.8 Å². The van der Waals surface area contributed by atoms with Crippen molar-refractivity contribution < 1.29 is 9.53 Å². The Morgan fingerprint density at radius 2 is 1.74 bits per heavy atom. The van der Waals surface area contributed by atoms with E-state index in [1.54, 1.807) is 7.11 Å². The van der Waals surface area contributed by atoms with Gasteiger partial charge in [-0.1, -0.05) is 24.3 Å². The Labute approximate surface area is 180 Å². The van der Waals surface area contributed by atoms with Gasteiger partial charge in [0.05, 0.1) is 29.3 Å². The molecule has 0 saturated carbocycles. The lowest BCUT2D eigenvalue weighted by molar-refractivity contribution is 0.215. The van der Waals surface area contributed by atoms with Crippen LogP contribution in [-0.2, 0) is 0 Å². The third-order valence-electron chi connectivity index (χ3n) is 5.78. The second-order valence-electron chi connectivity index (χ2n) is 7.65. The molecule has 4 aromatic rings. The van der Waals surface area contributed by atoms with Crippen molar-refractivity contribution in [3.05, 3.63) is 66.9 Å². The number of amides is 2. The van der Waals surface area contributed by atoms with Crippen LogP contribution in [0, 0.1) is 0 Å². The molecule has 1 fully saturated rings. The minimum atomic E-state index is -0.106. The predicted octanol–water partition coefficient (Wildman–Crippen LogP) is 4.24. The van der Waals surface area contributed by atoms with Crippen LogP contribution in [0.4, 0.5) is 16.3 Å². The molecule has 0 unspecified atom stereocenters. The second-order valence-corrected chi connectivity index (χ2v) is 7.65. The third kappa shape index (κ3) is 3.63. The normalized spacial score (nSPS) is 14.6. The fourth-order valence-corrected chi connectivity index (χ4v) is 4.21. The molecule has 1 saturated heterocycles. The van der Waals surface area contributed by atoms with Gasteiger partial charge >= 0.3 is 6.03 Å². The highest BCUT2D eigenvalue weighted by atomic mass is 16.5. The van der Waals surface area contributed by atoms with Crippen molar-refractivity contribution in [3.63, 3.8) is 0 Å². The van der Waals surface area contributed by atoms with E-state index < -0.39 is 0 Å². The molecule has 2 aromatic heterocycles. The van der Waals surface area contributed by atoms with Gasteiger partial charge < -0.3 is 24.3 Å². The summed E-state index contributed by atoms with van der Waals surface area (Å²) < 4.78 is 7.54. The van der Waals surface area contributed by atoms with Crippen LogP contribution in [0.5, 0.6) is 5.75 Å². The Balaban J connectivity index is 1.36. The van der Waals surface area contributed by atoms with Crippen LogP contribution in [0.3, 0.4) is 0 Å². The molecule has 1 aliphatic heterocycles. The van der Waals surface area contributed by atoms with Gasteiger partial charge in [0.1, 0.15) is 5.75 Å². The number of para-hydroxylation sites is 4. The minimum absolute atomic E-state index is 0.106. The molecule has 0 aliphatic carbocycles. The highest BCUT2D eigenvalue weighted by Gasteiger charge is 2.22. The summed E-state index contributed by atoms with van der Waals surface area (Å²) in [6.45, 7) is 2.90. The molecule has 0 atom stereocenters. The van der Waals surface area contributed by atoms with E-state index >= 15 is 0 Å². The molecule has 5 rings (SSSR count). The first-order chi connectivity index (χ1) is 15.2. The smallest absolute Gasteiger partial charge is 0.322 e. The lowest BCUT2D eigenvalue weighted by atomic mass is 10.3. The number of rotatable bonds is 3. The number of benzene rings is 2. The SMILES string of the molecule is COc1ccccc1NC(=O)N1CCCN(c2nc3ccccc3n3cccc23)CC1. The lowest BCUT2D eigenvalue weighted by Gasteiger charge is -2.24. The molecule has 0 bridgehead atoms. The van der Waals surface area contributed by atoms with Gasteiger partial charge in [0.15, 0.2) is 5.82 Å². The fourth-order valence-electron chi connectivity index (χ4n) is 4.21.